The SMILES string of the molecule is COc1ccc(-n2cc(C(N)=O)c3c2C(=O)N(c2ccc(N4CC[C@H](Cl)C4=O)cc2)CC3)cc1. The van der Waals surface area contributed by atoms with Crippen LogP contribution in [0.5, 0.6) is 5.75 Å². The summed E-state index contributed by atoms with van der Waals surface area (Å²) in [6.07, 6.45) is 2.73. The first-order valence-electron chi connectivity index (χ1n) is 10.9. The number of carbonyl (C=O) groups excluding carboxylic acids is 3. The number of methoxy groups -OCH3 is 1. The summed E-state index contributed by atoms with van der Waals surface area (Å²) in [5.41, 5.74) is 9.21. The van der Waals surface area contributed by atoms with Crippen LogP contribution in [0.25, 0.3) is 5.69 Å². The topological polar surface area (TPSA) is 97.9 Å². The zero-order valence-corrected chi connectivity index (χ0v) is 19.3. The molecule has 2 aromatic carbocycles. The van der Waals surface area contributed by atoms with E-state index >= 15 is 0 Å². The van der Waals surface area contributed by atoms with Gasteiger partial charge in [-0.15, -0.1) is 11.6 Å². The Kier molecular flexibility index (Phi) is 5.53. The zero-order valence-electron chi connectivity index (χ0n) is 18.5. The molecular weight excluding hydrogens is 456 g/mol. The molecule has 0 spiro atoms. The number of nitrogens with zero attached hydrogens (tertiary/aromatic N) is 3. The van der Waals surface area contributed by atoms with Gasteiger partial charge in [-0.1, -0.05) is 0 Å². The van der Waals surface area contributed by atoms with E-state index in [9.17, 15) is 14.4 Å². The van der Waals surface area contributed by atoms with Crippen molar-refractivity contribution in [3.63, 3.8) is 0 Å². The fourth-order valence-electron chi connectivity index (χ4n) is 4.60. The monoisotopic (exact) mass is 478 g/mol. The van der Waals surface area contributed by atoms with Gasteiger partial charge in [0.15, 0.2) is 0 Å². The molecule has 174 valence electrons. The summed E-state index contributed by atoms with van der Waals surface area (Å²) >= 11 is 6.05. The third-order valence-corrected chi connectivity index (χ3v) is 6.78. The molecule has 0 saturated carbocycles. The second kappa shape index (κ2) is 8.53. The first kappa shape index (κ1) is 22.0. The van der Waals surface area contributed by atoms with Crippen molar-refractivity contribution in [2.75, 3.05) is 30.0 Å². The number of alkyl halides is 1. The summed E-state index contributed by atoms with van der Waals surface area (Å²) in [4.78, 5) is 41.3. The molecule has 0 bridgehead atoms. The number of halogens is 1. The van der Waals surface area contributed by atoms with E-state index in [4.69, 9.17) is 22.1 Å². The number of anilines is 2. The summed E-state index contributed by atoms with van der Waals surface area (Å²) in [5.74, 6) is -0.216. The summed E-state index contributed by atoms with van der Waals surface area (Å²) in [6.45, 7) is 0.980. The molecule has 2 aliphatic rings. The molecule has 34 heavy (non-hydrogen) atoms. The molecule has 1 aromatic heterocycles. The van der Waals surface area contributed by atoms with E-state index in [2.05, 4.69) is 0 Å². The Morgan fingerprint density at radius 1 is 0.971 bits per heavy atom. The molecule has 3 amide bonds. The summed E-state index contributed by atoms with van der Waals surface area (Å²) < 4.78 is 6.94. The van der Waals surface area contributed by atoms with Crippen molar-refractivity contribution < 1.29 is 19.1 Å². The fraction of sp³-hybridized carbons (Fsp3) is 0.240. The van der Waals surface area contributed by atoms with Gasteiger partial charge >= 0.3 is 0 Å². The lowest BCUT2D eigenvalue weighted by Crippen LogP contribution is -2.39. The van der Waals surface area contributed by atoms with Gasteiger partial charge in [0.2, 0.25) is 5.91 Å². The number of nitrogens with two attached hydrogens (primary N) is 1. The highest BCUT2D eigenvalue weighted by molar-refractivity contribution is 6.33. The number of hydrogen-bond donors (Lipinski definition) is 1. The van der Waals surface area contributed by atoms with Crippen LogP contribution in [0.4, 0.5) is 11.4 Å². The van der Waals surface area contributed by atoms with Crippen LogP contribution in [0.3, 0.4) is 0 Å². The van der Waals surface area contributed by atoms with Gasteiger partial charge in [-0.05, 0) is 66.9 Å². The lowest BCUT2D eigenvalue weighted by molar-refractivity contribution is -0.116. The standard InChI is InChI=1S/C25H23ClN4O4/c1-34-18-8-6-17(7-9-18)30-14-20(23(27)31)19-10-12-29(25(33)22(19)30)16-4-2-15(3-5-16)28-13-11-21(26)24(28)32/h2-9,14,21H,10-13H2,1H3,(H2,27,31)/t21-/m0/s1. The molecule has 3 heterocycles. The molecular formula is C25H23ClN4O4. The van der Waals surface area contributed by atoms with Crippen molar-refractivity contribution in [2.24, 2.45) is 5.73 Å². The van der Waals surface area contributed by atoms with Crippen LogP contribution >= 0.6 is 11.6 Å². The molecule has 2 aliphatic heterocycles. The molecule has 0 radical (unpaired) electrons. The van der Waals surface area contributed by atoms with E-state index in [1.165, 1.54) is 0 Å². The molecule has 5 rings (SSSR count). The summed E-state index contributed by atoms with van der Waals surface area (Å²) in [6, 6.07) is 14.5. The molecule has 0 unspecified atom stereocenters. The second-order valence-corrected chi connectivity index (χ2v) is 8.80. The Morgan fingerprint density at radius 2 is 1.59 bits per heavy atom. The van der Waals surface area contributed by atoms with Crippen LogP contribution < -0.4 is 20.3 Å². The highest BCUT2D eigenvalue weighted by Crippen LogP contribution is 2.32. The minimum absolute atomic E-state index is 0.107. The maximum Gasteiger partial charge on any atom is 0.275 e. The largest absolute Gasteiger partial charge is 0.497 e. The van der Waals surface area contributed by atoms with Crippen LogP contribution in [-0.4, -0.2) is 47.9 Å². The Balaban J connectivity index is 1.49. The van der Waals surface area contributed by atoms with Crippen molar-refractivity contribution in [1.82, 2.24) is 4.57 Å². The van der Waals surface area contributed by atoms with E-state index in [-0.39, 0.29) is 11.8 Å². The van der Waals surface area contributed by atoms with Gasteiger partial charge in [-0.2, -0.15) is 0 Å². The van der Waals surface area contributed by atoms with Crippen LogP contribution in [0.1, 0.15) is 32.8 Å². The third kappa shape index (κ3) is 3.60. The fourth-order valence-corrected chi connectivity index (χ4v) is 4.82. The number of amides is 3. The molecule has 1 atom stereocenters. The first-order chi connectivity index (χ1) is 16.4. The van der Waals surface area contributed by atoms with E-state index < -0.39 is 11.3 Å². The number of ether oxygens (including phenoxy) is 1. The lowest BCUT2D eigenvalue weighted by Gasteiger charge is -2.29. The van der Waals surface area contributed by atoms with Crippen molar-refractivity contribution >= 4 is 40.7 Å². The number of carbonyl (C=O) groups is 3. The first-order valence-corrected chi connectivity index (χ1v) is 11.4. The Bertz CT molecular complexity index is 1280. The van der Waals surface area contributed by atoms with E-state index in [1.54, 1.807) is 39.8 Å². The predicted octanol–water partition coefficient (Wildman–Crippen LogP) is 3.13. The highest BCUT2D eigenvalue weighted by Gasteiger charge is 2.34. The lowest BCUT2D eigenvalue weighted by atomic mass is 10.0. The van der Waals surface area contributed by atoms with E-state index in [0.717, 1.165) is 11.4 Å². The quantitative estimate of drug-likeness (QED) is 0.569. The number of hydrogen-bond acceptors (Lipinski definition) is 4. The third-order valence-electron chi connectivity index (χ3n) is 6.37. The zero-order chi connectivity index (χ0) is 24.0. The van der Waals surface area contributed by atoms with Gasteiger partial charge in [0, 0.05) is 36.3 Å². The van der Waals surface area contributed by atoms with Crippen molar-refractivity contribution in [1.29, 1.82) is 0 Å². The minimum atomic E-state index is -0.568. The molecule has 0 aliphatic carbocycles. The number of benzene rings is 2. The maximum atomic E-state index is 13.7. The molecule has 2 N–H and O–H groups in total. The molecule has 9 heteroatoms. The average molecular weight is 479 g/mol. The second-order valence-electron chi connectivity index (χ2n) is 8.27. The Hall–Kier alpha value is -3.78. The summed E-state index contributed by atoms with van der Waals surface area (Å²) in [5, 5.41) is -0.494. The number of fused-ring (bicyclic) bond motifs is 1. The number of primary amides is 1. The number of rotatable bonds is 5. The van der Waals surface area contributed by atoms with Crippen LogP contribution in [0.2, 0.25) is 0 Å². The van der Waals surface area contributed by atoms with Crippen molar-refractivity contribution in [3.8, 4) is 11.4 Å². The van der Waals surface area contributed by atoms with Crippen LogP contribution in [0.15, 0.2) is 54.7 Å². The predicted molar refractivity (Wildman–Crippen MR) is 129 cm³/mol. The van der Waals surface area contributed by atoms with Gasteiger partial charge < -0.3 is 24.8 Å². The van der Waals surface area contributed by atoms with Gasteiger partial charge in [-0.3, -0.25) is 14.4 Å². The normalized spacial score (nSPS) is 17.8. The molecule has 8 nitrogen and oxygen atoms in total. The average Bonchev–Trinajstić information content (AvgIpc) is 3.41. The molecule has 1 saturated heterocycles. The minimum Gasteiger partial charge on any atom is -0.497 e. The summed E-state index contributed by atoms with van der Waals surface area (Å²) in [7, 11) is 1.58. The van der Waals surface area contributed by atoms with E-state index in [1.807, 2.05) is 36.4 Å². The smallest absolute Gasteiger partial charge is 0.275 e. The van der Waals surface area contributed by atoms with Gasteiger partial charge in [-0.25, -0.2) is 0 Å². The van der Waals surface area contributed by atoms with Gasteiger partial charge in [0.05, 0.1) is 12.7 Å². The van der Waals surface area contributed by atoms with Crippen molar-refractivity contribution in [3.05, 3.63) is 71.5 Å². The van der Waals surface area contributed by atoms with Gasteiger partial charge in [0.25, 0.3) is 11.8 Å². The maximum absolute atomic E-state index is 13.7. The highest BCUT2D eigenvalue weighted by atomic mass is 35.5. The number of aromatic nitrogens is 1. The van der Waals surface area contributed by atoms with Crippen LogP contribution in [-0.2, 0) is 11.2 Å². The Labute approximate surface area is 201 Å². The molecule has 1 fully saturated rings. The van der Waals surface area contributed by atoms with Gasteiger partial charge in [0.1, 0.15) is 16.8 Å². The molecule has 3 aromatic rings. The van der Waals surface area contributed by atoms with E-state index in [0.29, 0.717) is 54.2 Å². The Morgan fingerprint density at radius 3 is 2.15 bits per heavy atom. The van der Waals surface area contributed by atoms with Crippen LogP contribution in [0, 0.1) is 0 Å². The van der Waals surface area contributed by atoms with Crippen molar-refractivity contribution in [2.45, 2.75) is 18.2 Å².